The molecule has 0 bridgehead atoms. The van der Waals surface area contributed by atoms with Gasteiger partial charge in [0.1, 0.15) is 0 Å². The number of aryl methyl sites for hydroxylation is 1. The summed E-state index contributed by atoms with van der Waals surface area (Å²) < 4.78 is 2.39. The highest BCUT2D eigenvalue weighted by Crippen LogP contribution is 2.33. The molecule has 0 N–H and O–H groups in total. The van der Waals surface area contributed by atoms with Crippen LogP contribution < -0.4 is 0 Å². The average Bonchev–Trinajstić information content (AvgIpc) is 2.79. The van der Waals surface area contributed by atoms with Gasteiger partial charge in [-0.15, -0.1) is 0 Å². The summed E-state index contributed by atoms with van der Waals surface area (Å²) in [6.45, 7) is 14.8. The van der Waals surface area contributed by atoms with Gasteiger partial charge < -0.3 is 4.57 Å². The maximum atomic E-state index is 4.74. The van der Waals surface area contributed by atoms with E-state index in [1.165, 1.54) is 30.7 Å². The van der Waals surface area contributed by atoms with Gasteiger partial charge in [-0.3, -0.25) is 0 Å². The third-order valence-electron chi connectivity index (χ3n) is 4.23. The van der Waals surface area contributed by atoms with E-state index in [2.05, 4.69) is 52.4 Å². The van der Waals surface area contributed by atoms with Gasteiger partial charge >= 0.3 is 0 Å². The Bertz CT molecular complexity index is 363. The Morgan fingerprint density at radius 3 is 2.44 bits per heavy atom. The summed E-state index contributed by atoms with van der Waals surface area (Å²) in [5, 5.41) is 0. The second kappa shape index (κ2) is 6.40. The maximum Gasteiger partial charge on any atom is 0.0951 e. The predicted octanol–water partition coefficient (Wildman–Crippen LogP) is 4.88. The van der Waals surface area contributed by atoms with Crippen molar-refractivity contribution in [1.29, 1.82) is 0 Å². The van der Waals surface area contributed by atoms with Crippen LogP contribution in [0.1, 0.15) is 84.5 Å². The van der Waals surface area contributed by atoms with E-state index < -0.39 is 0 Å². The number of rotatable bonds is 7. The van der Waals surface area contributed by atoms with Crippen LogP contribution in [0.5, 0.6) is 0 Å². The third-order valence-corrected chi connectivity index (χ3v) is 4.23. The molecule has 1 heterocycles. The smallest absolute Gasteiger partial charge is 0.0951 e. The van der Waals surface area contributed by atoms with Crippen molar-refractivity contribution in [3.05, 3.63) is 17.7 Å². The lowest BCUT2D eigenvalue weighted by Gasteiger charge is -2.25. The Kier molecular flexibility index (Phi) is 5.43. The Balaban J connectivity index is 3.15. The molecule has 1 unspecified atom stereocenters. The molecule has 1 rings (SSSR count). The molecule has 0 saturated heterocycles. The van der Waals surface area contributed by atoms with Gasteiger partial charge in [-0.05, 0) is 25.2 Å². The second-order valence-corrected chi connectivity index (χ2v) is 6.07. The zero-order valence-corrected chi connectivity index (χ0v) is 13.1. The van der Waals surface area contributed by atoms with Crippen LogP contribution in [0, 0.1) is 0 Å². The average molecular weight is 250 g/mol. The first-order valence-corrected chi connectivity index (χ1v) is 7.53. The lowest BCUT2D eigenvalue weighted by Crippen LogP contribution is -2.20. The van der Waals surface area contributed by atoms with Gasteiger partial charge in [-0.2, -0.15) is 0 Å². The topological polar surface area (TPSA) is 17.8 Å². The van der Waals surface area contributed by atoms with Gasteiger partial charge in [0.05, 0.1) is 12.0 Å². The van der Waals surface area contributed by atoms with Crippen LogP contribution in [0.15, 0.2) is 6.33 Å². The molecule has 104 valence electrons. The number of unbranched alkanes of at least 4 members (excludes halogenated alkanes) is 1. The van der Waals surface area contributed by atoms with E-state index in [1.54, 1.807) is 0 Å². The Morgan fingerprint density at radius 2 is 1.94 bits per heavy atom. The van der Waals surface area contributed by atoms with Gasteiger partial charge in [0.2, 0.25) is 0 Å². The van der Waals surface area contributed by atoms with E-state index in [1.807, 2.05) is 0 Å². The zero-order valence-electron chi connectivity index (χ0n) is 13.1. The first-order chi connectivity index (χ1) is 8.47. The molecule has 1 aromatic heterocycles. The summed E-state index contributed by atoms with van der Waals surface area (Å²) in [4.78, 5) is 4.74. The van der Waals surface area contributed by atoms with E-state index in [9.17, 15) is 0 Å². The first-order valence-electron chi connectivity index (χ1n) is 7.53. The van der Waals surface area contributed by atoms with Crippen molar-refractivity contribution in [2.45, 2.75) is 85.1 Å². The van der Waals surface area contributed by atoms with Crippen LogP contribution in [0.3, 0.4) is 0 Å². The fourth-order valence-corrected chi connectivity index (χ4v) is 2.30. The molecule has 0 aliphatic carbocycles. The quantitative estimate of drug-likeness (QED) is 0.674. The number of aromatic nitrogens is 2. The molecule has 2 heteroatoms. The van der Waals surface area contributed by atoms with Crippen LogP contribution >= 0.6 is 0 Å². The second-order valence-electron chi connectivity index (χ2n) is 6.07. The molecule has 0 fully saturated rings. The molecule has 0 aromatic carbocycles. The molecule has 0 saturated carbocycles. The molecule has 0 aliphatic rings. The number of hydrogen-bond acceptors (Lipinski definition) is 1. The van der Waals surface area contributed by atoms with Crippen molar-refractivity contribution >= 4 is 0 Å². The molecule has 1 aromatic rings. The van der Waals surface area contributed by atoms with Gasteiger partial charge in [-0.1, -0.05) is 48.0 Å². The van der Waals surface area contributed by atoms with Crippen molar-refractivity contribution in [3.8, 4) is 0 Å². The van der Waals surface area contributed by atoms with E-state index in [-0.39, 0.29) is 5.41 Å². The minimum absolute atomic E-state index is 0.191. The van der Waals surface area contributed by atoms with Gasteiger partial charge in [0.25, 0.3) is 0 Å². The van der Waals surface area contributed by atoms with E-state index in [0.717, 1.165) is 13.0 Å². The summed E-state index contributed by atoms with van der Waals surface area (Å²) in [6, 6.07) is 0. The summed E-state index contributed by atoms with van der Waals surface area (Å²) >= 11 is 0. The summed E-state index contributed by atoms with van der Waals surface area (Å²) in [5.74, 6) is 0.602. The van der Waals surface area contributed by atoms with Crippen LogP contribution in [0.2, 0.25) is 0 Å². The van der Waals surface area contributed by atoms with Gasteiger partial charge in [0, 0.05) is 17.7 Å². The van der Waals surface area contributed by atoms with Crippen molar-refractivity contribution in [1.82, 2.24) is 9.55 Å². The van der Waals surface area contributed by atoms with Crippen LogP contribution in [0.25, 0.3) is 0 Å². The molecule has 0 radical (unpaired) electrons. The van der Waals surface area contributed by atoms with E-state index in [4.69, 9.17) is 4.98 Å². The van der Waals surface area contributed by atoms with Crippen LogP contribution in [-0.2, 0) is 12.0 Å². The van der Waals surface area contributed by atoms with Gasteiger partial charge in [-0.25, -0.2) is 4.98 Å². The van der Waals surface area contributed by atoms with Crippen molar-refractivity contribution in [3.63, 3.8) is 0 Å². The highest BCUT2D eigenvalue weighted by atomic mass is 15.1. The predicted molar refractivity (Wildman–Crippen MR) is 79.2 cm³/mol. The lowest BCUT2D eigenvalue weighted by molar-refractivity contribution is 0.474. The fourth-order valence-electron chi connectivity index (χ4n) is 2.30. The fraction of sp³-hybridized carbons (Fsp3) is 0.812. The monoisotopic (exact) mass is 250 g/mol. The van der Waals surface area contributed by atoms with Gasteiger partial charge in [0.15, 0.2) is 0 Å². The molecule has 18 heavy (non-hydrogen) atoms. The summed E-state index contributed by atoms with van der Waals surface area (Å²) in [7, 11) is 0. The van der Waals surface area contributed by atoms with Crippen molar-refractivity contribution < 1.29 is 0 Å². The van der Waals surface area contributed by atoms with Crippen LogP contribution in [-0.4, -0.2) is 9.55 Å². The number of hydrogen-bond donors (Lipinski definition) is 0. The van der Waals surface area contributed by atoms with E-state index in [0.29, 0.717) is 5.92 Å². The summed E-state index contributed by atoms with van der Waals surface area (Å²) in [6.07, 6.45) is 6.87. The van der Waals surface area contributed by atoms with Crippen molar-refractivity contribution in [2.75, 3.05) is 0 Å². The largest absolute Gasteiger partial charge is 0.334 e. The molecule has 0 amide bonds. The molecule has 1 atom stereocenters. The normalized spacial score (nSPS) is 13.9. The molecule has 0 aliphatic heterocycles. The standard InChI is InChI=1S/C16H30N2/c1-7-10-11-18-12-17-15(16(5,6)9-3)14(18)13(4)8-2/h12-13H,7-11H2,1-6H3. The highest BCUT2D eigenvalue weighted by molar-refractivity contribution is 5.25. The lowest BCUT2D eigenvalue weighted by atomic mass is 9.82. The molecule has 2 nitrogen and oxygen atoms in total. The number of nitrogens with zero attached hydrogens (tertiary/aromatic N) is 2. The Labute approximate surface area is 113 Å². The summed E-state index contributed by atoms with van der Waals surface area (Å²) in [5.41, 5.74) is 2.98. The number of imidazole rings is 1. The van der Waals surface area contributed by atoms with Crippen LogP contribution in [0.4, 0.5) is 0 Å². The van der Waals surface area contributed by atoms with Crippen molar-refractivity contribution in [2.24, 2.45) is 0 Å². The zero-order chi connectivity index (χ0) is 13.8. The minimum atomic E-state index is 0.191. The molecule has 0 spiro atoms. The highest BCUT2D eigenvalue weighted by Gasteiger charge is 2.27. The maximum absolute atomic E-state index is 4.74. The Morgan fingerprint density at radius 1 is 1.28 bits per heavy atom. The van der Waals surface area contributed by atoms with E-state index >= 15 is 0 Å². The third kappa shape index (κ3) is 3.15. The SMILES string of the molecule is CCCCn1cnc(C(C)(C)CC)c1C(C)CC. The minimum Gasteiger partial charge on any atom is -0.334 e. The first kappa shape index (κ1) is 15.3. The molecular weight excluding hydrogens is 220 g/mol. The Hall–Kier alpha value is -0.790. The molecular formula is C16H30N2.